The van der Waals surface area contributed by atoms with E-state index >= 15 is 0 Å². The molecule has 28 heavy (non-hydrogen) atoms. The second-order valence-corrected chi connectivity index (χ2v) is 8.20. The molecule has 1 unspecified atom stereocenters. The fraction of sp³-hybridized carbons (Fsp3) is 0.810. The molecule has 1 atom stereocenters. The van der Waals surface area contributed by atoms with Gasteiger partial charge in [0.15, 0.2) is 11.7 Å². The summed E-state index contributed by atoms with van der Waals surface area (Å²) in [6.45, 7) is 14.2. The first-order valence-corrected chi connectivity index (χ1v) is 10.7. The zero-order valence-electron chi connectivity index (χ0n) is 18.3. The molecule has 0 aliphatic carbocycles. The van der Waals surface area contributed by atoms with E-state index in [1.165, 1.54) is 32.5 Å². The van der Waals surface area contributed by atoms with Gasteiger partial charge in [0.2, 0.25) is 0 Å². The van der Waals surface area contributed by atoms with Crippen LogP contribution in [-0.2, 0) is 6.54 Å². The summed E-state index contributed by atoms with van der Waals surface area (Å²) in [6.07, 6.45) is 4.77. The van der Waals surface area contributed by atoms with E-state index in [2.05, 4.69) is 59.4 Å². The molecule has 162 valence electrons. The first-order chi connectivity index (χ1) is 13.0. The minimum atomic E-state index is 0. The number of nitrogens with one attached hydrogen (secondary N) is 2. The van der Waals surface area contributed by atoms with Gasteiger partial charge in [-0.25, -0.2) is 0 Å². The lowest BCUT2D eigenvalue weighted by Crippen LogP contribution is -2.44. The van der Waals surface area contributed by atoms with Crippen molar-refractivity contribution in [2.45, 2.75) is 65.8 Å². The topological polar surface area (TPSA) is 65.7 Å². The molecule has 1 aliphatic heterocycles. The van der Waals surface area contributed by atoms with Gasteiger partial charge in [0.25, 0.3) is 0 Å². The third-order valence-electron chi connectivity index (χ3n) is 5.42. The summed E-state index contributed by atoms with van der Waals surface area (Å²) in [5, 5.41) is 11.1. The summed E-state index contributed by atoms with van der Waals surface area (Å²) >= 11 is 0. The fourth-order valence-corrected chi connectivity index (χ4v) is 3.94. The lowest BCUT2D eigenvalue weighted by atomic mass is 9.97. The molecule has 0 radical (unpaired) electrons. The van der Waals surface area contributed by atoms with E-state index in [1.807, 2.05) is 7.05 Å². The largest absolute Gasteiger partial charge is 0.359 e. The summed E-state index contributed by atoms with van der Waals surface area (Å²) in [5.41, 5.74) is 1.06. The number of halogens is 1. The lowest BCUT2D eigenvalue weighted by molar-refractivity contribution is 0.159. The molecule has 1 aromatic rings. The van der Waals surface area contributed by atoms with Crippen LogP contribution in [0.2, 0.25) is 0 Å². The van der Waals surface area contributed by atoms with Crippen molar-refractivity contribution in [3.63, 3.8) is 0 Å². The number of nitrogens with zero attached hydrogens (tertiary/aromatic N) is 3. The Morgan fingerprint density at radius 1 is 1.32 bits per heavy atom. The molecule has 0 bridgehead atoms. The highest BCUT2D eigenvalue weighted by Crippen LogP contribution is 2.22. The quantitative estimate of drug-likeness (QED) is 0.299. The van der Waals surface area contributed by atoms with Crippen LogP contribution in [0.25, 0.3) is 0 Å². The van der Waals surface area contributed by atoms with Gasteiger partial charge in [-0.15, -0.1) is 24.0 Å². The number of rotatable bonds is 9. The van der Waals surface area contributed by atoms with Crippen LogP contribution in [-0.4, -0.2) is 49.2 Å². The van der Waals surface area contributed by atoms with Crippen molar-refractivity contribution in [1.82, 2.24) is 20.7 Å². The van der Waals surface area contributed by atoms with Crippen molar-refractivity contribution in [2.24, 2.45) is 16.8 Å². The van der Waals surface area contributed by atoms with Crippen molar-refractivity contribution >= 4 is 29.9 Å². The Balaban J connectivity index is 0.00000392. The monoisotopic (exact) mass is 505 g/mol. The number of piperidine rings is 1. The third kappa shape index (κ3) is 8.27. The number of aliphatic imine (C=N–C) groups is 1. The Morgan fingerprint density at radius 2 is 2.07 bits per heavy atom. The van der Waals surface area contributed by atoms with E-state index in [-0.39, 0.29) is 24.0 Å². The molecule has 1 fully saturated rings. The predicted molar refractivity (Wildman–Crippen MR) is 127 cm³/mol. The molecular formula is C21H40IN5O. The van der Waals surface area contributed by atoms with Gasteiger partial charge in [0, 0.05) is 38.7 Å². The molecule has 1 aliphatic rings. The minimum Gasteiger partial charge on any atom is -0.359 e. The van der Waals surface area contributed by atoms with Crippen molar-refractivity contribution in [3.05, 3.63) is 17.5 Å². The number of likely N-dealkylation sites (tertiary alicyclic amines) is 1. The molecule has 0 saturated carbocycles. The molecule has 2 N–H and O–H groups in total. The Labute approximate surface area is 188 Å². The molecule has 0 aromatic carbocycles. The first kappa shape index (κ1) is 25.2. The molecule has 2 rings (SSSR count). The number of hydrogen-bond acceptors (Lipinski definition) is 4. The Kier molecular flexibility index (Phi) is 12.1. The van der Waals surface area contributed by atoms with Gasteiger partial charge in [0.1, 0.15) is 0 Å². The molecule has 7 heteroatoms. The van der Waals surface area contributed by atoms with Gasteiger partial charge in [-0.1, -0.05) is 32.9 Å². The summed E-state index contributed by atoms with van der Waals surface area (Å²) in [6, 6.07) is 2.07. The second kappa shape index (κ2) is 13.4. The smallest absolute Gasteiger partial charge is 0.191 e. The Bertz CT molecular complexity index is 571. The van der Waals surface area contributed by atoms with Crippen LogP contribution < -0.4 is 10.6 Å². The van der Waals surface area contributed by atoms with E-state index in [4.69, 9.17) is 4.52 Å². The van der Waals surface area contributed by atoms with E-state index in [1.54, 1.807) is 0 Å². The number of aromatic nitrogens is 1. The Hall–Kier alpha value is -0.830. The SMILES string of the molecule is CCC(CC)c1cc(CNC(=NC)NCC2CCCN(CC(C)C)C2)on1.I. The van der Waals surface area contributed by atoms with Gasteiger partial charge >= 0.3 is 0 Å². The highest BCUT2D eigenvalue weighted by Gasteiger charge is 2.20. The Morgan fingerprint density at radius 3 is 2.71 bits per heavy atom. The maximum absolute atomic E-state index is 5.49. The average molecular weight is 505 g/mol. The average Bonchev–Trinajstić information content (AvgIpc) is 3.11. The second-order valence-electron chi connectivity index (χ2n) is 8.20. The molecule has 2 heterocycles. The molecule has 1 aromatic heterocycles. The normalized spacial score (nSPS) is 18.4. The van der Waals surface area contributed by atoms with Crippen LogP contribution >= 0.6 is 24.0 Å². The van der Waals surface area contributed by atoms with Crippen LogP contribution in [0.1, 0.15) is 70.8 Å². The molecule has 1 saturated heterocycles. The zero-order chi connectivity index (χ0) is 19.6. The summed E-state index contributed by atoms with van der Waals surface area (Å²) in [7, 11) is 1.82. The van der Waals surface area contributed by atoms with Crippen LogP contribution in [0.4, 0.5) is 0 Å². The van der Waals surface area contributed by atoms with E-state index in [0.29, 0.717) is 18.4 Å². The van der Waals surface area contributed by atoms with Gasteiger partial charge in [-0.2, -0.15) is 0 Å². The van der Waals surface area contributed by atoms with Crippen LogP contribution in [0.15, 0.2) is 15.6 Å². The molecule has 0 amide bonds. The third-order valence-corrected chi connectivity index (χ3v) is 5.42. The summed E-state index contributed by atoms with van der Waals surface area (Å²) in [4.78, 5) is 6.95. The van der Waals surface area contributed by atoms with E-state index < -0.39 is 0 Å². The maximum Gasteiger partial charge on any atom is 0.191 e. The van der Waals surface area contributed by atoms with Gasteiger partial charge in [-0.05, 0) is 44.1 Å². The minimum absolute atomic E-state index is 0. The van der Waals surface area contributed by atoms with Crippen LogP contribution in [0.5, 0.6) is 0 Å². The predicted octanol–water partition coefficient (Wildman–Crippen LogP) is 4.23. The van der Waals surface area contributed by atoms with Crippen LogP contribution in [0, 0.1) is 11.8 Å². The van der Waals surface area contributed by atoms with E-state index in [0.717, 1.165) is 42.7 Å². The van der Waals surface area contributed by atoms with Crippen molar-refractivity contribution < 1.29 is 4.52 Å². The molecule has 6 nitrogen and oxygen atoms in total. The summed E-state index contributed by atoms with van der Waals surface area (Å²) < 4.78 is 5.49. The number of guanidine groups is 1. The highest BCUT2D eigenvalue weighted by atomic mass is 127. The lowest BCUT2D eigenvalue weighted by Gasteiger charge is -2.34. The van der Waals surface area contributed by atoms with E-state index in [9.17, 15) is 0 Å². The van der Waals surface area contributed by atoms with Crippen LogP contribution in [0.3, 0.4) is 0 Å². The standard InChI is InChI=1S/C21H39N5O.HI/c1-6-18(7-2)20-11-19(27-25-20)13-24-21(22-5)23-12-17-9-8-10-26(15-17)14-16(3)4;/h11,16-18H,6-10,12-15H2,1-5H3,(H2,22,23,24);1H. The number of hydrogen-bond donors (Lipinski definition) is 2. The van der Waals surface area contributed by atoms with Gasteiger partial charge in [0.05, 0.1) is 12.2 Å². The van der Waals surface area contributed by atoms with Gasteiger partial charge < -0.3 is 20.1 Å². The van der Waals surface area contributed by atoms with Crippen molar-refractivity contribution in [3.8, 4) is 0 Å². The maximum atomic E-state index is 5.49. The zero-order valence-corrected chi connectivity index (χ0v) is 20.7. The molecule has 0 spiro atoms. The van der Waals surface area contributed by atoms with Crippen molar-refractivity contribution in [2.75, 3.05) is 33.2 Å². The highest BCUT2D eigenvalue weighted by molar-refractivity contribution is 14.0. The first-order valence-electron chi connectivity index (χ1n) is 10.7. The molecular weight excluding hydrogens is 465 g/mol. The summed E-state index contributed by atoms with van der Waals surface area (Å²) in [5.74, 6) is 3.60. The van der Waals surface area contributed by atoms with Gasteiger partial charge in [-0.3, -0.25) is 4.99 Å². The van der Waals surface area contributed by atoms with Crippen molar-refractivity contribution in [1.29, 1.82) is 0 Å². The fourth-order valence-electron chi connectivity index (χ4n) is 3.94.